The molecule has 2 nitrogen and oxygen atoms in total. The number of nitrogens with one attached hydrogen (secondary N) is 1. The maximum atomic E-state index is 6.22. The second kappa shape index (κ2) is 7.24. The van der Waals surface area contributed by atoms with Crippen molar-refractivity contribution in [2.45, 2.75) is 64.6 Å². The highest BCUT2D eigenvalue weighted by Gasteiger charge is 2.26. The van der Waals surface area contributed by atoms with Crippen molar-refractivity contribution in [1.29, 1.82) is 0 Å². The molecule has 1 fully saturated rings. The van der Waals surface area contributed by atoms with Gasteiger partial charge in [0.05, 0.1) is 12.2 Å². The average Bonchev–Trinajstić information content (AvgIpc) is 2.29. The normalized spacial score (nSPS) is 29.0. The fourth-order valence-corrected chi connectivity index (χ4v) is 2.58. The molecule has 0 amide bonds. The van der Waals surface area contributed by atoms with Gasteiger partial charge in [-0.2, -0.15) is 0 Å². The third-order valence-corrected chi connectivity index (χ3v) is 3.62. The summed E-state index contributed by atoms with van der Waals surface area (Å²) in [6.07, 6.45) is 8.75. The SMILES string of the molecule is CCC(CNC)OC1CCCCC1CC. The van der Waals surface area contributed by atoms with Gasteiger partial charge in [-0.05, 0) is 32.2 Å². The predicted molar refractivity (Wildman–Crippen MR) is 65.1 cm³/mol. The van der Waals surface area contributed by atoms with Crippen molar-refractivity contribution >= 4 is 0 Å². The highest BCUT2D eigenvalue weighted by molar-refractivity contribution is 4.76. The summed E-state index contributed by atoms with van der Waals surface area (Å²) in [5.41, 5.74) is 0. The molecule has 1 saturated carbocycles. The zero-order valence-corrected chi connectivity index (χ0v) is 10.6. The maximum Gasteiger partial charge on any atom is 0.0700 e. The first-order chi connectivity index (χ1) is 7.31. The first kappa shape index (κ1) is 13.0. The highest BCUT2D eigenvalue weighted by Crippen LogP contribution is 2.30. The fourth-order valence-electron chi connectivity index (χ4n) is 2.58. The minimum atomic E-state index is 0.409. The van der Waals surface area contributed by atoms with E-state index in [2.05, 4.69) is 19.2 Å². The summed E-state index contributed by atoms with van der Waals surface area (Å²) < 4.78 is 6.22. The molecule has 0 radical (unpaired) electrons. The van der Waals surface area contributed by atoms with Crippen LogP contribution in [0.5, 0.6) is 0 Å². The van der Waals surface area contributed by atoms with Gasteiger partial charge in [0.1, 0.15) is 0 Å². The largest absolute Gasteiger partial charge is 0.373 e. The average molecular weight is 213 g/mol. The molecule has 2 heteroatoms. The molecule has 90 valence electrons. The quantitative estimate of drug-likeness (QED) is 0.732. The van der Waals surface area contributed by atoms with Crippen molar-refractivity contribution in [3.8, 4) is 0 Å². The second-order valence-corrected chi connectivity index (χ2v) is 4.72. The molecule has 0 aromatic rings. The van der Waals surface area contributed by atoms with Crippen LogP contribution < -0.4 is 5.32 Å². The summed E-state index contributed by atoms with van der Waals surface area (Å²) in [6, 6.07) is 0. The zero-order valence-electron chi connectivity index (χ0n) is 10.6. The number of hydrogen-bond acceptors (Lipinski definition) is 2. The predicted octanol–water partition coefficient (Wildman–Crippen LogP) is 2.97. The summed E-state index contributed by atoms with van der Waals surface area (Å²) in [6.45, 7) is 5.50. The zero-order chi connectivity index (χ0) is 11.1. The first-order valence-corrected chi connectivity index (χ1v) is 6.61. The van der Waals surface area contributed by atoms with Crippen LogP contribution in [-0.2, 0) is 4.74 Å². The van der Waals surface area contributed by atoms with Crippen LogP contribution in [0.2, 0.25) is 0 Å². The number of likely N-dealkylation sites (N-methyl/N-ethyl adjacent to an activating group) is 1. The lowest BCUT2D eigenvalue weighted by atomic mass is 9.84. The van der Waals surface area contributed by atoms with Gasteiger partial charge in [-0.3, -0.25) is 0 Å². The molecule has 0 aromatic heterocycles. The molecule has 0 aliphatic heterocycles. The molecule has 0 spiro atoms. The lowest BCUT2D eigenvalue weighted by Gasteiger charge is -2.33. The molecule has 0 aromatic carbocycles. The van der Waals surface area contributed by atoms with Crippen LogP contribution in [0.25, 0.3) is 0 Å². The van der Waals surface area contributed by atoms with Gasteiger partial charge in [0.25, 0.3) is 0 Å². The van der Waals surface area contributed by atoms with Crippen LogP contribution in [0, 0.1) is 5.92 Å². The van der Waals surface area contributed by atoms with E-state index in [9.17, 15) is 0 Å². The monoisotopic (exact) mass is 213 g/mol. The third-order valence-electron chi connectivity index (χ3n) is 3.62. The van der Waals surface area contributed by atoms with Gasteiger partial charge in [0.15, 0.2) is 0 Å². The summed E-state index contributed by atoms with van der Waals surface area (Å²) in [5.74, 6) is 0.810. The molecule has 1 rings (SSSR count). The van der Waals surface area contributed by atoms with E-state index in [1.54, 1.807) is 0 Å². The summed E-state index contributed by atoms with van der Waals surface area (Å²) in [4.78, 5) is 0. The van der Waals surface area contributed by atoms with E-state index < -0.39 is 0 Å². The topological polar surface area (TPSA) is 21.3 Å². The Morgan fingerprint density at radius 3 is 2.60 bits per heavy atom. The number of hydrogen-bond donors (Lipinski definition) is 1. The van der Waals surface area contributed by atoms with E-state index in [1.807, 2.05) is 7.05 Å². The van der Waals surface area contributed by atoms with E-state index in [0.717, 1.165) is 18.9 Å². The van der Waals surface area contributed by atoms with Crippen LogP contribution >= 0.6 is 0 Å². The Bertz CT molecular complexity index is 161. The molecule has 0 heterocycles. The smallest absolute Gasteiger partial charge is 0.0700 e. The molecular formula is C13H27NO. The van der Waals surface area contributed by atoms with Gasteiger partial charge in [0, 0.05) is 6.54 Å². The lowest BCUT2D eigenvalue weighted by molar-refractivity contribution is -0.0602. The van der Waals surface area contributed by atoms with Gasteiger partial charge in [0.2, 0.25) is 0 Å². The lowest BCUT2D eigenvalue weighted by Crippen LogP contribution is -2.35. The Balaban J connectivity index is 2.38. The Labute approximate surface area is 94.8 Å². The Morgan fingerprint density at radius 2 is 2.00 bits per heavy atom. The van der Waals surface area contributed by atoms with Gasteiger partial charge < -0.3 is 10.1 Å². The Hall–Kier alpha value is -0.0800. The van der Waals surface area contributed by atoms with Crippen molar-refractivity contribution in [2.24, 2.45) is 5.92 Å². The molecule has 1 N–H and O–H groups in total. The molecule has 1 aliphatic carbocycles. The van der Waals surface area contributed by atoms with Crippen LogP contribution in [0.4, 0.5) is 0 Å². The van der Waals surface area contributed by atoms with Gasteiger partial charge in [-0.1, -0.05) is 33.1 Å². The maximum absolute atomic E-state index is 6.22. The molecule has 3 atom stereocenters. The van der Waals surface area contributed by atoms with Crippen LogP contribution in [0.1, 0.15) is 52.4 Å². The van der Waals surface area contributed by atoms with Crippen LogP contribution in [-0.4, -0.2) is 25.8 Å². The first-order valence-electron chi connectivity index (χ1n) is 6.61. The molecule has 0 saturated heterocycles. The van der Waals surface area contributed by atoms with Gasteiger partial charge in [-0.25, -0.2) is 0 Å². The number of ether oxygens (including phenoxy) is 1. The Kier molecular flexibility index (Phi) is 6.26. The highest BCUT2D eigenvalue weighted by atomic mass is 16.5. The Morgan fingerprint density at radius 1 is 1.27 bits per heavy atom. The minimum absolute atomic E-state index is 0.409. The summed E-state index contributed by atoms with van der Waals surface area (Å²) in [5, 5.41) is 3.22. The van der Waals surface area contributed by atoms with Crippen molar-refractivity contribution in [2.75, 3.05) is 13.6 Å². The fraction of sp³-hybridized carbons (Fsp3) is 1.00. The van der Waals surface area contributed by atoms with E-state index in [4.69, 9.17) is 4.74 Å². The standard InChI is InChI=1S/C13H27NO/c1-4-11-8-6-7-9-13(11)15-12(5-2)10-14-3/h11-14H,4-10H2,1-3H3. The van der Waals surface area contributed by atoms with Crippen molar-refractivity contribution in [3.63, 3.8) is 0 Å². The molecule has 1 aliphatic rings. The van der Waals surface area contributed by atoms with Gasteiger partial charge >= 0.3 is 0 Å². The summed E-state index contributed by atoms with van der Waals surface area (Å²) in [7, 11) is 2.00. The van der Waals surface area contributed by atoms with Crippen molar-refractivity contribution in [3.05, 3.63) is 0 Å². The second-order valence-electron chi connectivity index (χ2n) is 4.72. The molecule has 0 bridgehead atoms. The van der Waals surface area contributed by atoms with Crippen molar-refractivity contribution in [1.82, 2.24) is 5.32 Å². The van der Waals surface area contributed by atoms with E-state index in [-0.39, 0.29) is 0 Å². The third kappa shape index (κ3) is 4.12. The van der Waals surface area contributed by atoms with Crippen molar-refractivity contribution < 1.29 is 4.74 Å². The van der Waals surface area contributed by atoms with Gasteiger partial charge in [-0.15, -0.1) is 0 Å². The molecular weight excluding hydrogens is 186 g/mol. The molecule has 15 heavy (non-hydrogen) atoms. The summed E-state index contributed by atoms with van der Waals surface area (Å²) >= 11 is 0. The number of rotatable bonds is 6. The van der Waals surface area contributed by atoms with E-state index in [0.29, 0.717) is 12.2 Å². The van der Waals surface area contributed by atoms with E-state index >= 15 is 0 Å². The van der Waals surface area contributed by atoms with Crippen LogP contribution in [0.3, 0.4) is 0 Å². The van der Waals surface area contributed by atoms with E-state index in [1.165, 1.54) is 32.1 Å². The molecule has 3 unspecified atom stereocenters. The minimum Gasteiger partial charge on any atom is -0.373 e. The van der Waals surface area contributed by atoms with Crippen LogP contribution in [0.15, 0.2) is 0 Å².